The Balaban J connectivity index is 1.37. The number of halogens is 1. The smallest absolute Gasteiger partial charge is 0.130 e. The predicted octanol–water partition coefficient (Wildman–Crippen LogP) is 6.10. The van der Waals surface area contributed by atoms with Crippen LogP contribution >= 0.6 is 0 Å². The highest BCUT2D eigenvalue weighted by molar-refractivity contribution is 5.81. The standard InChI is InChI=1S/C27H23FN4O/c28-14-3-17-32-27(25(18-30-32)20-12-15-29-16-13-20)22-7-10-24(11-8-22)33-19-23-9-6-21-4-1-2-5-26(21)31-23/h1-2,4-13,15-16,18H,3,14,17,19H2. The van der Waals surface area contributed by atoms with Crippen LogP contribution in [0.15, 0.2) is 91.4 Å². The number of benzene rings is 2. The molecule has 6 heteroatoms. The van der Waals surface area contributed by atoms with Crippen LogP contribution in [-0.4, -0.2) is 26.4 Å². The number of pyridine rings is 2. The van der Waals surface area contributed by atoms with Crippen LogP contribution in [0.3, 0.4) is 0 Å². The second-order valence-corrected chi connectivity index (χ2v) is 7.72. The third-order valence-electron chi connectivity index (χ3n) is 5.50. The number of ether oxygens (including phenoxy) is 1. The Morgan fingerprint density at radius 2 is 1.67 bits per heavy atom. The summed E-state index contributed by atoms with van der Waals surface area (Å²) >= 11 is 0. The molecule has 5 aromatic rings. The van der Waals surface area contributed by atoms with Crippen molar-refractivity contribution in [1.82, 2.24) is 19.7 Å². The Labute approximate surface area is 191 Å². The normalized spacial score (nSPS) is 11.1. The van der Waals surface area contributed by atoms with Crippen molar-refractivity contribution in [2.75, 3.05) is 6.67 Å². The number of para-hydroxylation sites is 1. The summed E-state index contributed by atoms with van der Waals surface area (Å²) in [6.45, 7) is 0.531. The van der Waals surface area contributed by atoms with Gasteiger partial charge in [0.15, 0.2) is 0 Å². The van der Waals surface area contributed by atoms with Crippen molar-refractivity contribution in [3.8, 4) is 28.1 Å². The van der Waals surface area contributed by atoms with Gasteiger partial charge in [0, 0.05) is 35.5 Å². The van der Waals surface area contributed by atoms with Crippen molar-refractivity contribution in [3.05, 3.63) is 97.1 Å². The SMILES string of the molecule is FCCCn1ncc(-c2ccncc2)c1-c1ccc(OCc2ccc3ccccc3n2)cc1. The van der Waals surface area contributed by atoms with E-state index in [9.17, 15) is 4.39 Å². The lowest BCUT2D eigenvalue weighted by Gasteiger charge is -2.11. The average molecular weight is 439 g/mol. The topological polar surface area (TPSA) is 52.8 Å². The maximum Gasteiger partial charge on any atom is 0.130 e. The molecule has 0 saturated carbocycles. The minimum Gasteiger partial charge on any atom is -0.487 e. The first-order valence-electron chi connectivity index (χ1n) is 10.9. The van der Waals surface area contributed by atoms with E-state index >= 15 is 0 Å². The van der Waals surface area contributed by atoms with E-state index in [2.05, 4.69) is 21.1 Å². The Bertz CT molecular complexity index is 1350. The maximum absolute atomic E-state index is 12.8. The lowest BCUT2D eigenvalue weighted by atomic mass is 10.0. The first-order chi connectivity index (χ1) is 16.3. The molecule has 0 radical (unpaired) electrons. The molecule has 2 aromatic carbocycles. The van der Waals surface area contributed by atoms with Gasteiger partial charge in [-0.1, -0.05) is 24.3 Å². The third kappa shape index (κ3) is 4.60. The highest BCUT2D eigenvalue weighted by Gasteiger charge is 2.15. The summed E-state index contributed by atoms with van der Waals surface area (Å²) in [6.07, 6.45) is 5.77. The number of aryl methyl sites for hydroxylation is 1. The van der Waals surface area contributed by atoms with E-state index in [1.54, 1.807) is 12.4 Å². The van der Waals surface area contributed by atoms with E-state index in [0.717, 1.165) is 44.7 Å². The van der Waals surface area contributed by atoms with Crippen LogP contribution in [0.25, 0.3) is 33.3 Å². The van der Waals surface area contributed by atoms with Gasteiger partial charge in [-0.25, -0.2) is 4.98 Å². The van der Waals surface area contributed by atoms with Crippen molar-refractivity contribution in [2.45, 2.75) is 19.6 Å². The summed E-state index contributed by atoms with van der Waals surface area (Å²) < 4.78 is 20.7. The largest absolute Gasteiger partial charge is 0.487 e. The number of alkyl halides is 1. The van der Waals surface area contributed by atoms with Crippen LogP contribution < -0.4 is 4.74 Å². The van der Waals surface area contributed by atoms with Gasteiger partial charge in [0.25, 0.3) is 0 Å². The average Bonchev–Trinajstić information content (AvgIpc) is 3.31. The second kappa shape index (κ2) is 9.61. The van der Waals surface area contributed by atoms with Crippen LogP contribution in [0.5, 0.6) is 5.75 Å². The van der Waals surface area contributed by atoms with Crippen LogP contribution in [0, 0.1) is 0 Å². The van der Waals surface area contributed by atoms with Gasteiger partial charge in [-0.2, -0.15) is 5.10 Å². The third-order valence-corrected chi connectivity index (χ3v) is 5.50. The lowest BCUT2D eigenvalue weighted by Crippen LogP contribution is -2.03. The van der Waals surface area contributed by atoms with E-state index in [1.165, 1.54) is 0 Å². The van der Waals surface area contributed by atoms with Crippen LogP contribution in [0.4, 0.5) is 4.39 Å². The van der Waals surface area contributed by atoms with Crippen molar-refractivity contribution < 1.29 is 9.13 Å². The number of aromatic nitrogens is 4. The zero-order valence-electron chi connectivity index (χ0n) is 18.1. The Hall–Kier alpha value is -4.06. The Kier molecular flexibility index (Phi) is 6.06. The molecule has 0 unspecified atom stereocenters. The summed E-state index contributed by atoms with van der Waals surface area (Å²) in [5.74, 6) is 0.758. The lowest BCUT2D eigenvalue weighted by molar-refractivity contribution is 0.302. The fraction of sp³-hybridized carbons (Fsp3) is 0.148. The molecule has 33 heavy (non-hydrogen) atoms. The van der Waals surface area contributed by atoms with Gasteiger partial charge in [0.1, 0.15) is 12.4 Å². The van der Waals surface area contributed by atoms with E-state index in [0.29, 0.717) is 19.6 Å². The van der Waals surface area contributed by atoms with Crippen molar-refractivity contribution in [1.29, 1.82) is 0 Å². The maximum atomic E-state index is 12.8. The van der Waals surface area contributed by atoms with E-state index in [1.807, 2.05) is 77.6 Å². The fourth-order valence-corrected chi connectivity index (χ4v) is 3.87. The highest BCUT2D eigenvalue weighted by Crippen LogP contribution is 2.33. The zero-order chi connectivity index (χ0) is 22.5. The Morgan fingerprint density at radius 3 is 2.48 bits per heavy atom. The second-order valence-electron chi connectivity index (χ2n) is 7.72. The molecule has 5 rings (SSSR count). The monoisotopic (exact) mass is 438 g/mol. The molecule has 3 heterocycles. The summed E-state index contributed by atoms with van der Waals surface area (Å²) in [5, 5.41) is 5.63. The zero-order valence-corrected chi connectivity index (χ0v) is 18.1. The molecular weight excluding hydrogens is 415 g/mol. The first-order valence-corrected chi connectivity index (χ1v) is 10.9. The summed E-state index contributed by atoms with van der Waals surface area (Å²) in [6, 6.07) is 23.9. The minimum absolute atomic E-state index is 0.376. The van der Waals surface area contributed by atoms with E-state index in [-0.39, 0.29) is 6.67 Å². The molecule has 0 spiro atoms. The van der Waals surface area contributed by atoms with E-state index in [4.69, 9.17) is 4.74 Å². The van der Waals surface area contributed by atoms with Crippen LogP contribution in [0.1, 0.15) is 12.1 Å². The molecule has 3 aromatic heterocycles. The number of rotatable bonds is 8. The molecule has 0 aliphatic heterocycles. The Morgan fingerprint density at radius 1 is 0.848 bits per heavy atom. The molecule has 0 bridgehead atoms. The fourth-order valence-electron chi connectivity index (χ4n) is 3.87. The van der Waals surface area contributed by atoms with Crippen molar-refractivity contribution in [2.24, 2.45) is 0 Å². The minimum atomic E-state index is -0.376. The van der Waals surface area contributed by atoms with Crippen LogP contribution in [-0.2, 0) is 13.2 Å². The van der Waals surface area contributed by atoms with E-state index < -0.39 is 0 Å². The molecule has 164 valence electrons. The first kappa shape index (κ1) is 20.8. The van der Waals surface area contributed by atoms with Gasteiger partial charge < -0.3 is 4.74 Å². The van der Waals surface area contributed by atoms with Gasteiger partial charge >= 0.3 is 0 Å². The predicted molar refractivity (Wildman–Crippen MR) is 128 cm³/mol. The quantitative estimate of drug-likeness (QED) is 0.294. The molecular formula is C27H23FN4O. The summed E-state index contributed by atoms with van der Waals surface area (Å²) in [5.41, 5.74) is 5.80. The summed E-state index contributed by atoms with van der Waals surface area (Å²) in [4.78, 5) is 8.77. The number of nitrogens with zero attached hydrogens (tertiary/aromatic N) is 4. The number of hydrogen-bond acceptors (Lipinski definition) is 4. The summed E-state index contributed by atoms with van der Waals surface area (Å²) in [7, 11) is 0. The molecule has 0 saturated heterocycles. The molecule has 0 amide bonds. The van der Waals surface area contributed by atoms with Gasteiger partial charge in [0.2, 0.25) is 0 Å². The van der Waals surface area contributed by atoms with Gasteiger partial charge in [-0.15, -0.1) is 0 Å². The molecule has 0 N–H and O–H groups in total. The number of hydrogen-bond donors (Lipinski definition) is 0. The van der Waals surface area contributed by atoms with Gasteiger partial charge in [-0.3, -0.25) is 14.1 Å². The van der Waals surface area contributed by atoms with Crippen molar-refractivity contribution in [3.63, 3.8) is 0 Å². The molecule has 0 atom stereocenters. The highest BCUT2D eigenvalue weighted by atomic mass is 19.1. The van der Waals surface area contributed by atoms with Gasteiger partial charge in [0.05, 0.1) is 29.8 Å². The van der Waals surface area contributed by atoms with Gasteiger partial charge in [-0.05, 0) is 60.5 Å². The molecule has 0 fully saturated rings. The molecule has 0 aliphatic carbocycles. The van der Waals surface area contributed by atoms with Crippen molar-refractivity contribution >= 4 is 10.9 Å². The molecule has 0 aliphatic rings. The van der Waals surface area contributed by atoms with Crippen LogP contribution in [0.2, 0.25) is 0 Å². The molecule has 5 nitrogen and oxygen atoms in total. The number of fused-ring (bicyclic) bond motifs is 1.